The molecule has 1 atom stereocenters. The van der Waals surface area contributed by atoms with E-state index in [0.29, 0.717) is 19.3 Å². The van der Waals surface area contributed by atoms with Gasteiger partial charge < -0.3 is 14.2 Å². The monoisotopic (exact) mass is 901 g/mol. The zero-order valence-electron chi connectivity index (χ0n) is 42.0. The van der Waals surface area contributed by atoms with Gasteiger partial charge in [-0.05, 0) is 122 Å². The summed E-state index contributed by atoms with van der Waals surface area (Å²) in [5.74, 6) is -1.03. The third-order valence-electron chi connectivity index (χ3n) is 10.7. The maximum Gasteiger partial charge on any atom is 0.306 e. The molecule has 0 aliphatic heterocycles. The van der Waals surface area contributed by atoms with Crippen molar-refractivity contribution in [3.63, 3.8) is 0 Å². The molecule has 368 valence electrons. The first kappa shape index (κ1) is 61.1. The quantitative estimate of drug-likeness (QED) is 0.0262. The second-order valence-electron chi connectivity index (χ2n) is 17.0. The predicted octanol–water partition coefficient (Wildman–Crippen LogP) is 17.5. The van der Waals surface area contributed by atoms with Gasteiger partial charge >= 0.3 is 17.9 Å². The lowest BCUT2D eigenvalue weighted by atomic mass is 10.1. The number of hydrogen-bond acceptors (Lipinski definition) is 6. The van der Waals surface area contributed by atoms with E-state index in [1.54, 1.807) is 0 Å². The van der Waals surface area contributed by atoms with Crippen LogP contribution in [0.25, 0.3) is 0 Å². The van der Waals surface area contributed by atoms with Gasteiger partial charge in [0, 0.05) is 19.3 Å². The largest absolute Gasteiger partial charge is 0.462 e. The molecule has 0 aromatic heterocycles. The molecule has 0 spiro atoms. The third-order valence-corrected chi connectivity index (χ3v) is 10.7. The van der Waals surface area contributed by atoms with E-state index >= 15 is 0 Å². The second kappa shape index (κ2) is 52.7. The molecule has 0 aromatic carbocycles. The predicted molar refractivity (Wildman–Crippen MR) is 279 cm³/mol. The molecule has 0 fully saturated rings. The van der Waals surface area contributed by atoms with Gasteiger partial charge in [0.1, 0.15) is 13.2 Å². The maximum atomic E-state index is 12.8. The molecule has 0 heterocycles. The summed E-state index contributed by atoms with van der Waals surface area (Å²) in [5, 5.41) is 0. The SMILES string of the molecule is CC/C=C\C/C=C\C/C=C\C/C=C\CCCCC(=O)OC[C@H](COC(=O)CCC/C=C\C/C=C\C/C=C\CCCCCCCC)OC(=O)CCCCCCC/C=C\C/C=C\CCCCC. The molecule has 0 radical (unpaired) electrons. The molecule has 0 amide bonds. The van der Waals surface area contributed by atoms with Crippen LogP contribution in [-0.4, -0.2) is 37.2 Å². The summed E-state index contributed by atoms with van der Waals surface area (Å²) in [7, 11) is 0. The van der Waals surface area contributed by atoms with Gasteiger partial charge in [0.2, 0.25) is 0 Å². The summed E-state index contributed by atoms with van der Waals surface area (Å²) in [4.78, 5) is 38.0. The first-order valence-electron chi connectivity index (χ1n) is 26.4. The number of allylic oxidation sites excluding steroid dienone is 18. The summed E-state index contributed by atoms with van der Waals surface area (Å²) in [5.41, 5.74) is 0. The molecule has 6 nitrogen and oxygen atoms in total. The van der Waals surface area contributed by atoms with E-state index in [1.165, 1.54) is 70.6 Å². The lowest BCUT2D eigenvalue weighted by Crippen LogP contribution is -2.30. The van der Waals surface area contributed by atoms with Crippen molar-refractivity contribution in [2.45, 2.75) is 232 Å². The van der Waals surface area contributed by atoms with Gasteiger partial charge in [-0.15, -0.1) is 0 Å². The number of unbranched alkanes of at least 4 members (excludes halogenated alkanes) is 17. The molecule has 0 aromatic rings. The Kier molecular flexibility index (Phi) is 49.5. The minimum absolute atomic E-state index is 0.123. The molecule has 0 unspecified atom stereocenters. The fraction of sp³-hybridized carbons (Fsp3) is 0.644. The Bertz CT molecular complexity index is 1360. The minimum atomic E-state index is -0.824. The van der Waals surface area contributed by atoms with Crippen LogP contribution in [-0.2, 0) is 28.6 Å². The Morgan fingerprint density at radius 3 is 1.06 bits per heavy atom. The van der Waals surface area contributed by atoms with E-state index in [1.807, 2.05) is 0 Å². The summed E-state index contributed by atoms with van der Waals surface area (Å²) in [6.07, 6.45) is 70.8. The number of hydrogen-bond donors (Lipinski definition) is 0. The molecule has 65 heavy (non-hydrogen) atoms. The van der Waals surface area contributed by atoms with Crippen molar-refractivity contribution < 1.29 is 28.6 Å². The summed E-state index contributed by atoms with van der Waals surface area (Å²) >= 11 is 0. The molecular formula is C59H96O6. The van der Waals surface area contributed by atoms with Gasteiger partial charge in [-0.1, -0.05) is 194 Å². The highest BCUT2D eigenvalue weighted by atomic mass is 16.6. The van der Waals surface area contributed by atoms with Crippen LogP contribution in [0.4, 0.5) is 0 Å². The van der Waals surface area contributed by atoms with Crippen molar-refractivity contribution in [1.82, 2.24) is 0 Å². The van der Waals surface area contributed by atoms with Crippen LogP contribution in [0.15, 0.2) is 109 Å². The Morgan fingerprint density at radius 2 is 0.615 bits per heavy atom. The van der Waals surface area contributed by atoms with Crippen LogP contribution in [0.2, 0.25) is 0 Å². The van der Waals surface area contributed by atoms with Crippen LogP contribution in [0.5, 0.6) is 0 Å². The minimum Gasteiger partial charge on any atom is -0.462 e. The molecule has 0 N–H and O–H groups in total. The highest BCUT2D eigenvalue weighted by molar-refractivity contribution is 5.71. The van der Waals surface area contributed by atoms with Crippen molar-refractivity contribution in [3.8, 4) is 0 Å². The van der Waals surface area contributed by atoms with Gasteiger partial charge in [0.05, 0.1) is 0 Å². The van der Waals surface area contributed by atoms with Crippen molar-refractivity contribution in [2.24, 2.45) is 0 Å². The number of ether oxygens (including phenoxy) is 3. The summed E-state index contributed by atoms with van der Waals surface area (Å²) in [6.45, 7) is 6.39. The zero-order chi connectivity index (χ0) is 47.2. The molecule has 6 heteroatoms. The Hall–Kier alpha value is -3.93. The first-order chi connectivity index (χ1) is 32.0. The number of carbonyl (C=O) groups excluding carboxylic acids is 3. The average molecular weight is 901 g/mol. The summed E-state index contributed by atoms with van der Waals surface area (Å²) in [6, 6.07) is 0. The van der Waals surface area contributed by atoms with E-state index < -0.39 is 6.10 Å². The molecule has 0 bridgehead atoms. The molecule has 0 rings (SSSR count). The first-order valence-corrected chi connectivity index (χ1v) is 26.4. The van der Waals surface area contributed by atoms with Gasteiger partial charge in [-0.25, -0.2) is 0 Å². The number of esters is 3. The maximum absolute atomic E-state index is 12.8. The molecule has 0 aliphatic rings. The van der Waals surface area contributed by atoms with Gasteiger partial charge in [0.25, 0.3) is 0 Å². The highest BCUT2D eigenvalue weighted by Gasteiger charge is 2.19. The van der Waals surface area contributed by atoms with Gasteiger partial charge in [-0.3, -0.25) is 14.4 Å². The normalized spacial score (nSPS) is 13.0. The van der Waals surface area contributed by atoms with E-state index in [-0.39, 0.29) is 44.0 Å². The van der Waals surface area contributed by atoms with Crippen LogP contribution in [0.1, 0.15) is 226 Å². The van der Waals surface area contributed by atoms with Crippen molar-refractivity contribution in [2.75, 3.05) is 13.2 Å². The van der Waals surface area contributed by atoms with E-state index in [0.717, 1.165) is 103 Å². The molecule has 0 aliphatic carbocycles. The smallest absolute Gasteiger partial charge is 0.306 e. The zero-order valence-corrected chi connectivity index (χ0v) is 42.0. The topological polar surface area (TPSA) is 78.9 Å². The fourth-order valence-electron chi connectivity index (χ4n) is 6.77. The lowest BCUT2D eigenvalue weighted by molar-refractivity contribution is -0.167. The number of carbonyl (C=O) groups is 3. The van der Waals surface area contributed by atoms with Crippen molar-refractivity contribution in [3.05, 3.63) is 109 Å². The Morgan fingerprint density at radius 1 is 0.323 bits per heavy atom. The Balaban J connectivity index is 4.57. The van der Waals surface area contributed by atoms with E-state index in [4.69, 9.17) is 14.2 Å². The lowest BCUT2D eigenvalue weighted by Gasteiger charge is -2.18. The van der Waals surface area contributed by atoms with Crippen LogP contribution < -0.4 is 0 Å². The van der Waals surface area contributed by atoms with Crippen molar-refractivity contribution >= 4 is 17.9 Å². The molecular weight excluding hydrogens is 805 g/mol. The standard InChI is InChI=1S/C59H96O6/c1-4-7-10-13-16-19-22-25-28-29-32-34-37-40-43-46-49-52-58(61)64-55-56(65-59(62)53-50-47-44-41-38-35-31-27-24-21-18-15-12-9-6-3)54-63-57(60)51-48-45-42-39-36-33-30-26-23-20-17-14-11-8-5-2/h8,11,17-18,20-21,25-28,30-32,34,36,39-40,43,56H,4-7,9-10,12-16,19,22-24,29,33,35,37-38,41-42,44-55H2,1-3H3/b11-8-,20-17-,21-18-,28-25-,30-26-,31-27-,34-32-,39-36-,43-40-/t56-/m1/s1. The fourth-order valence-corrected chi connectivity index (χ4v) is 6.77. The van der Waals surface area contributed by atoms with Crippen LogP contribution >= 0.6 is 0 Å². The summed E-state index contributed by atoms with van der Waals surface area (Å²) < 4.78 is 16.7. The Labute approximate surface area is 400 Å². The van der Waals surface area contributed by atoms with Crippen molar-refractivity contribution in [1.29, 1.82) is 0 Å². The van der Waals surface area contributed by atoms with E-state index in [2.05, 4.69) is 130 Å². The average Bonchev–Trinajstić information content (AvgIpc) is 3.30. The van der Waals surface area contributed by atoms with E-state index in [9.17, 15) is 14.4 Å². The van der Waals surface area contributed by atoms with Crippen LogP contribution in [0, 0.1) is 0 Å². The van der Waals surface area contributed by atoms with Gasteiger partial charge in [0.15, 0.2) is 6.10 Å². The molecule has 0 saturated heterocycles. The third kappa shape index (κ3) is 50.9. The highest BCUT2D eigenvalue weighted by Crippen LogP contribution is 2.12. The van der Waals surface area contributed by atoms with Gasteiger partial charge in [-0.2, -0.15) is 0 Å². The van der Waals surface area contributed by atoms with Crippen LogP contribution in [0.3, 0.4) is 0 Å². The second-order valence-corrected chi connectivity index (χ2v) is 17.0. The number of rotatable bonds is 46. The molecule has 0 saturated carbocycles.